The Kier molecular flexibility index (Phi) is 5.03. The van der Waals surface area contributed by atoms with E-state index in [1.54, 1.807) is 12.1 Å². The van der Waals surface area contributed by atoms with E-state index in [1.165, 1.54) is 30.3 Å². The first-order valence-electron chi connectivity index (χ1n) is 6.85. The SMILES string of the molecule is O=C(CCC(=O)Nc1ccc(O)c(O)c1)Nc1ccc(O)cc1. The van der Waals surface area contributed by atoms with Gasteiger partial charge >= 0.3 is 0 Å². The number of nitrogens with one attached hydrogen (secondary N) is 2. The van der Waals surface area contributed by atoms with Gasteiger partial charge in [-0.05, 0) is 36.4 Å². The van der Waals surface area contributed by atoms with Crippen LogP contribution in [0.4, 0.5) is 11.4 Å². The van der Waals surface area contributed by atoms with Crippen molar-refractivity contribution in [3.63, 3.8) is 0 Å². The van der Waals surface area contributed by atoms with Gasteiger partial charge in [0.25, 0.3) is 0 Å². The summed E-state index contributed by atoms with van der Waals surface area (Å²) in [4.78, 5) is 23.5. The van der Waals surface area contributed by atoms with Crippen LogP contribution in [0.3, 0.4) is 0 Å². The second-order valence-electron chi connectivity index (χ2n) is 4.85. The van der Waals surface area contributed by atoms with Crippen LogP contribution < -0.4 is 10.6 Å². The molecule has 2 rings (SSSR count). The molecule has 23 heavy (non-hydrogen) atoms. The van der Waals surface area contributed by atoms with Crippen molar-refractivity contribution in [3.05, 3.63) is 42.5 Å². The van der Waals surface area contributed by atoms with Gasteiger partial charge in [-0.25, -0.2) is 0 Å². The van der Waals surface area contributed by atoms with Crippen molar-refractivity contribution in [1.82, 2.24) is 0 Å². The van der Waals surface area contributed by atoms with Gasteiger partial charge in [0, 0.05) is 30.3 Å². The second kappa shape index (κ2) is 7.17. The van der Waals surface area contributed by atoms with Gasteiger partial charge in [-0.3, -0.25) is 9.59 Å². The summed E-state index contributed by atoms with van der Waals surface area (Å²) in [6.45, 7) is 0. The lowest BCUT2D eigenvalue weighted by molar-refractivity contribution is -0.121. The van der Waals surface area contributed by atoms with Crippen LogP contribution in [0.25, 0.3) is 0 Å². The zero-order valence-corrected chi connectivity index (χ0v) is 12.1. The number of anilines is 2. The molecule has 0 aromatic heterocycles. The molecule has 0 aliphatic carbocycles. The van der Waals surface area contributed by atoms with E-state index in [0.717, 1.165) is 0 Å². The molecule has 0 unspecified atom stereocenters. The lowest BCUT2D eigenvalue weighted by atomic mass is 10.2. The van der Waals surface area contributed by atoms with Gasteiger partial charge in [0.05, 0.1) is 0 Å². The Morgan fingerprint density at radius 2 is 1.26 bits per heavy atom. The molecule has 2 aromatic rings. The largest absolute Gasteiger partial charge is 0.508 e. The molecule has 0 saturated heterocycles. The van der Waals surface area contributed by atoms with Gasteiger partial charge in [0.1, 0.15) is 5.75 Å². The number of carbonyl (C=O) groups is 2. The van der Waals surface area contributed by atoms with Crippen molar-refractivity contribution in [2.24, 2.45) is 0 Å². The van der Waals surface area contributed by atoms with Crippen LogP contribution in [0.15, 0.2) is 42.5 Å². The number of amides is 2. The molecule has 0 saturated carbocycles. The van der Waals surface area contributed by atoms with Gasteiger partial charge in [-0.1, -0.05) is 0 Å². The van der Waals surface area contributed by atoms with Gasteiger partial charge in [0.15, 0.2) is 11.5 Å². The maximum atomic E-state index is 11.7. The number of hydrogen-bond acceptors (Lipinski definition) is 5. The Labute approximate surface area is 132 Å². The number of rotatable bonds is 5. The molecular formula is C16H16N2O5. The maximum Gasteiger partial charge on any atom is 0.224 e. The molecule has 2 amide bonds. The first kappa shape index (κ1) is 16.2. The highest BCUT2D eigenvalue weighted by molar-refractivity contribution is 5.96. The highest BCUT2D eigenvalue weighted by Crippen LogP contribution is 2.27. The van der Waals surface area contributed by atoms with Crippen LogP contribution in [0.5, 0.6) is 17.2 Å². The molecule has 0 bridgehead atoms. The minimum absolute atomic E-state index is 0.0171. The fraction of sp³-hybridized carbons (Fsp3) is 0.125. The van der Waals surface area contributed by atoms with Gasteiger partial charge < -0.3 is 26.0 Å². The minimum Gasteiger partial charge on any atom is -0.508 e. The predicted octanol–water partition coefficient (Wildman–Crippen LogP) is 2.16. The van der Waals surface area contributed by atoms with E-state index in [4.69, 9.17) is 5.11 Å². The molecule has 5 N–H and O–H groups in total. The summed E-state index contributed by atoms with van der Waals surface area (Å²) in [6, 6.07) is 9.88. The lowest BCUT2D eigenvalue weighted by Gasteiger charge is -2.07. The molecule has 0 aliphatic rings. The summed E-state index contributed by atoms with van der Waals surface area (Å²) in [5.41, 5.74) is 0.848. The zero-order chi connectivity index (χ0) is 16.8. The van der Waals surface area contributed by atoms with Gasteiger partial charge in [-0.15, -0.1) is 0 Å². The van der Waals surface area contributed by atoms with Crippen molar-refractivity contribution in [2.45, 2.75) is 12.8 Å². The quantitative estimate of drug-likeness (QED) is 0.428. The number of benzene rings is 2. The van der Waals surface area contributed by atoms with E-state index >= 15 is 0 Å². The molecule has 7 nitrogen and oxygen atoms in total. The van der Waals surface area contributed by atoms with Crippen LogP contribution in [0.2, 0.25) is 0 Å². The molecule has 0 fully saturated rings. The van der Waals surface area contributed by atoms with Crippen molar-refractivity contribution in [2.75, 3.05) is 10.6 Å². The zero-order valence-electron chi connectivity index (χ0n) is 12.1. The molecule has 0 aliphatic heterocycles. The summed E-state index contributed by atoms with van der Waals surface area (Å²) in [7, 11) is 0. The Balaban J connectivity index is 1.80. The van der Waals surface area contributed by atoms with E-state index in [2.05, 4.69) is 10.6 Å². The Morgan fingerprint density at radius 3 is 1.83 bits per heavy atom. The van der Waals surface area contributed by atoms with Crippen molar-refractivity contribution in [1.29, 1.82) is 0 Å². The van der Waals surface area contributed by atoms with Crippen molar-refractivity contribution >= 4 is 23.2 Å². The molecule has 0 atom stereocenters. The van der Waals surface area contributed by atoms with Crippen LogP contribution in [-0.4, -0.2) is 27.1 Å². The molecule has 0 spiro atoms. The monoisotopic (exact) mass is 316 g/mol. The van der Waals surface area contributed by atoms with E-state index in [0.29, 0.717) is 11.4 Å². The summed E-state index contributed by atoms with van der Waals surface area (Å²) in [6.07, 6.45) is -0.0532. The average Bonchev–Trinajstić information content (AvgIpc) is 2.51. The fourth-order valence-electron chi connectivity index (χ4n) is 1.82. The Bertz CT molecular complexity index is 713. The van der Waals surface area contributed by atoms with Crippen LogP contribution >= 0.6 is 0 Å². The van der Waals surface area contributed by atoms with Crippen molar-refractivity contribution < 1.29 is 24.9 Å². The fourth-order valence-corrected chi connectivity index (χ4v) is 1.82. The third-order valence-corrected chi connectivity index (χ3v) is 2.99. The first-order valence-corrected chi connectivity index (χ1v) is 6.85. The van der Waals surface area contributed by atoms with Crippen LogP contribution in [0, 0.1) is 0 Å². The van der Waals surface area contributed by atoms with Crippen LogP contribution in [0.1, 0.15) is 12.8 Å². The third-order valence-electron chi connectivity index (χ3n) is 2.99. The maximum absolute atomic E-state index is 11.7. The second-order valence-corrected chi connectivity index (χ2v) is 4.85. The Morgan fingerprint density at radius 1 is 0.739 bits per heavy atom. The third kappa shape index (κ3) is 4.92. The molecule has 120 valence electrons. The highest BCUT2D eigenvalue weighted by atomic mass is 16.3. The topological polar surface area (TPSA) is 119 Å². The van der Waals surface area contributed by atoms with E-state index < -0.39 is 5.91 Å². The average molecular weight is 316 g/mol. The number of carbonyl (C=O) groups excluding carboxylic acids is 2. The minimum atomic E-state index is -0.393. The smallest absolute Gasteiger partial charge is 0.224 e. The molecular weight excluding hydrogens is 300 g/mol. The summed E-state index contributed by atoms with van der Waals surface area (Å²) in [5, 5.41) is 32.8. The van der Waals surface area contributed by atoms with Crippen LogP contribution in [-0.2, 0) is 9.59 Å². The number of phenolic OH excluding ortho intramolecular Hbond substituents is 3. The lowest BCUT2D eigenvalue weighted by Crippen LogP contribution is -2.17. The molecule has 0 radical (unpaired) electrons. The normalized spacial score (nSPS) is 10.1. The highest BCUT2D eigenvalue weighted by Gasteiger charge is 2.09. The molecule has 2 aromatic carbocycles. The van der Waals surface area contributed by atoms with Gasteiger partial charge in [-0.2, -0.15) is 0 Å². The predicted molar refractivity (Wildman–Crippen MR) is 84.4 cm³/mol. The standard InChI is InChI=1S/C16H16N2O5/c19-12-4-1-10(2-5-12)17-15(22)7-8-16(23)18-11-3-6-13(20)14(21)9-11/h1-6,9,19-21H,7-8H2,(H,17,22)(H,18,23). The van der Waals surface area contributed by atoms with Gasteiger partial charge in [0.2, 0.25) is 11.8 Å². The van der Waals surface area contributed by atoms with E-state index in [9.17, 15) is 19.8 Å². The Hall–Kier alpha value is -3.22. The number of phenols is 3. The molecule has 0 heterocycles. The van der Waals surface area contributed by atoms with E-state index in [-0.39, 0.29) is 36.0 Å². The van der Waals surface area contributed by atoms with Crippen molar-refractivity contribution in [3.8, 4) is 17.2 Å². The first-order chi connectivity index (χ1) is 10.9. The summed E-state index contributed by atoms with van der Waals surface area (Å²) >= 11 is 0. The van der Waals surface area contributed by atoms with E-state index in [1.807, 2.05) is 0 Å². The summed E-state index contributed by atoms with van der Waals surface area (Å²) in [5.74, 6) is -1.25. The molecule has 7 heteroatoms. The summed E-state index contributed by atoms with van der Waals surface area (Å²) < 4.78 is 0. The number of aromatic hydroxyl groups is 3. The number of hydrogen-bond donors (Lipinski definition) is 5.